The van der Waals surface area contributed by atoms with Gasteiger partial charge in [0.25, 0.3) is 0 Å². The van der Waals surface area contributed by atoms with E-state index < -0.39 is 0 Å². The van der Waals surface area contributed by atoms with E-state index in [4.69, 9.17) is 0 Å². The van der Waals surface area contributed by atoms with E-state index in [0.717, 1.165) is 30.6 Å². The van der Waals surface area contributed by atoms with E-state index in [-0.39, 0.29) is 0 Å². The maximum absolute atomic E-state index is 4.62. The van der Waals surface area contributed by atoms with Gasteiger partial charge < -0.3 is 10.2 Å². The Morgan fingerprint density at radius 2 is 2.25 bits per heavy atom. The summed E-state index contributed by atoms with van der Waals surface area (Å²) in [5.74, 6) is 1.04. The lowest BCUT2D eigenvalue weighted by molar-refractivity contribution is 0.685. The molecule has 2 heterocycles. The summed E-state index contributed by atoms with van der Waals surface area (Å²) in [6, 6.07) is 2.97. The zero-order chi connectivity index (χ0) is 13.9. The number of nitrogens with zero attached hydrogens (tertiary/aromatic N) is 3. The summed E-state index contributed by atoms with van der Waals surface area (Å²) in [4.78, 5) is 11.1. The predicted molar refractivity (Wildman–Crippen MR) is 83.1 cm³/mol. The van der Waals surface area contributed by atoms with Crippen molar-refractivity contribution in [2.75, 3.05) is 11.9 Å². The monoisotopic (exact) mass is 288 g/mol. The minimum absolute atomic E-state index is 0.738. The van der Waals surface area contributed by atoms with Gasteiger partial charge >= 0.3 is 0 Å². The Morgan fingerprint density at radius 3 is 2.90 bits per heavy atom. The van der Waals surface area contributed by atoms with Crippen molar-refractivity contribution in [3.8, 4) is 0 Å². The van der Waals surface area contributed by atoms with Gasteiger partial charge in [-0.05, 0) is 37.0 Å². The van der Waals surface area contributed by atoms with Crippen LogP contribution < -0.4 is 10.2 Å². The van der Waals surface area contributed by atoms with Gasteiger partial charge in [0.05, 0.1) is 17.7 Å². The van der Waals surface area contributed by atoms with Crippen LogP contribution in [-0.4, -0.2) is 23.1 Å². The van der Waals surface area contributed by atoms with Crippen molar-refractivity contribution < 1.29 is 0 Å². The molecule has 1 aliphatic carbocycles. The van der Waals surface area contributed by atoms with Crippen LogP contribution in [0, 0.1) is 6.92 Å². The number of thiazole rings is 1. The van der Waals surface area contributed by atoms with E-state index in [1.165, 1.54) is 24.0 Å². The molecule has 1 aliphatic rings. The normalized spacial score (nSPS) is 14.5. The number of hydrogen-bond acceptors (Lipinski definition) is 5. The standard InChI is InChI=1S/C15H20N4S/c1-11-5-12(6-16-13-3-4-13)7-17-15(11)19(2)8-14-9-20-10-18-14/h5,7,9-10,13,16H,3-4,6,8H2,1-2H3. The molecule has 0 unspecified atom stereocenters. The van der Waals surface area contributed by atoms with Gasteiger partial charge in [0, 0.05) is 31.2 Å². The highest BCUT2D eigenvalue weighted by atomic mass is 32.1. The molecular weight excluding hydrogens is 268 g/mol. The molecule has 1 fully saturated rings. The highest BCUT2D eigenvalue weighted by Gasteiger charge is 2.20. The van der Waals surface area contributed by atoms with Crippen LogP contribution in [-0.2, 0) is 13.1 Å². The number of anilines is 1. The first kappa shape index (κ1) is 13.5. The number of rotatable bonds is 6. The Hall–Kier alpha value is -1.46. The van der Waals surface area contributed by atoms with Gasteiger partial charge in [-0.25, -0.2) is 9.97 Å². The summed E-state index contributed by atoms with van der Waals surface area (Å²) in [6.07, 6.45) is 4.62. The summed E-state index contributed by atoms with van der Waals surface area (Å²) in [6.45, 7) is 3.85. The van der Waals surface area contributed by atoms with Gasteiger partial charge in [-0.1, -0.05) is 0 Å². The van der Waals surface area contributed by atoms with Crippen LogP contribution in [0.4, 0.5) is 5.82 Å². The molecule has 2 aromatic heterocycles. The minimum Gasteiger partial charge on any atom is -0.354 e. The molecule has 5 heteroatoms. The average molecular weight is 288 g/mol. The van der Waals surface area contributed by atoms with Crippen LogP contribution in [0.25, 0.3) is 0 Å². The summed E-state index contributed by atoms with van der Waals surface area (Å²) in [5.41, 5.74) is 5.45. The molecule has 0 spiro atoms. The van der Waals surface area contributed by atoms with E-state index in [2.05, 4.69) is 45.6 Å². The first-order chi connectivity index (χ1) is 9.72. The molecule has 1 N–H and O–H groups in total. The highest BCUT2D eigenvalue weighted by Crippen LogP contribution is 2.21. The largest absolute Gasteiger partial charge is 0.354 e. The second-order valence-electron chi connectivity index (χ2n) is 5.48. The van der Waals surface area contributed by atoms with E-state index in [9.17, 15) is 0 Å². The lowest BCUT2D eigenvalue weighted by Crippen LogP contribution is -2.20. The van der Waals surface area contributed by atoms with Gasteiger partial charge in [0.2, 0.25) is 0 Å². The molecule has 0 aliphatic heterocycles. The topological polar surface area (TPSA) is 41.1 Å². The Bertz CT molecular complexity index is 563. The fraction of sp³-hybridized carbons (Fsp3) is 0.467. The van der Waals surface area contributed by atoms with Crippen molar-refractivity contribution in [3.05, 3.63) is 40.0 Å². The fourth-order valence-corrected chi connectivity index (χ4v) is 2.85. The van der Waals surface area contributed by atoms with Gasteiger partial charge in [-0.2, -0.15) is 0 Å². The van der Waals surface area contributed by atoms with Crippen LogP contribution in [0.3, 0.4) is 0 Å². The van der Waals surface area contributed by atoms with Crippen LogP contribution in [0.15, 0.2) is 23.2 Å². The van der Waals surface area contributed by atoms with Gasteiger partial charge in [-0.3, -0.25) is 0 Å². The number of aromatic nitrogens is 2. The molecule has 0 atom stereocenters. The summed E-state index contributed by atoms with van der Waals surface area (Å²) in [5, 5.41) is 5.61. The average Bonchev–Trinajstić information content (AvgIpc) is 3.13. The Kier molecular flexibility index (Phi) is 3.98. The third kappa shape index (κ3) is 3.35. The van der Waals surface area contributed by atoms with E-state index in [1.54, 1.807) is 11.3 Å². The SMILES string of the molecule is Cc1cc(CNC2CC2)cnc1N(C)Cc1cscn1. The Morgan fingerprint density at radius 1 is 1.40 bits per heavy atom. The maximum atomic E-state index is 4.62. The molecule has 3 rings (SSSR count). The molecule has 4 nitrogen and oxygen atoms in total. The zero-order valence-electron chi connectivity index (χ0n) is 12.0. The van der Waals surface area contributed by atoms with Crippen molar-refractivity contribution in [3.63, 3.8) is 0 Å². The number of hydrogen-bond donors (Lipinski definition) is 1. The van der Waals surface area contributed by atoms with Gasteiger partial charge in [-0.15, -0.1) is 11.3 Å². The third-order valence-electron chi connectivity index (χ3n) is 3.52. The minimum atomic E-state index is 0.738. The summed E-state index contributed by atoms with van der Waals surface area (Å²) >= 11 is 1.63. The van der Waals surface area contributed by atoms with Crippen molar-refractivity contribution in [1.29, 1.82) is 0 Å². The molecule has 106 valence electrons. The molecule has 0 aromatic carbocycles. The molecular formula is C15H20N4S. The Labute approximate surface area is 123 Å². The van der Waals surface area contributed by atoms with Crippen LogP contribution in [0.2, 0.25) is 0 Å². The lowest BCUT2D eigenvalue weighted by atomic mass is 10.2. The van der Waals surface area contributed by atoms with Crippen molar-refractivity contribution in [2.24, 2.45) is 0 Å². The smallest absolute Gasteiger partial charge is 0.131 e. The fourth-order valence-electron chi connectivity index (χ4n) is 2.31. The second-order valence-corrected chi connectivity index (χ2v) is 6.19. The first-order valence-electron chi connectivity index (χ1n) is 6.99. The highest BCUT2D eigenvalue weighted by molar-refractivity contribution is 7.07. The second kappa shape index (κ2) is 5.89. The van der Waals surface area contributed by atoms with Crippen molar-refractivity contribution in [1.82, 2.24) is 15.3 Å². The zero-order valence-corrected chi connectivity index (χ0v) is 12.8. The maximum Gasteiger partial charge on any atom is 0.131 e. The summed E-state index contributed by atoms with van der Waals surface area (Å²) in [7, 11) is 2.07. The van der Waals surface area contributed by atoms with Crippen LogP contribution in [0.5, 0.6) is 0 Å². The Balaban J connectivity index is 1.66. The number of pyridine rings is 1. The molecule has 0 bridgehead atoms. The molecule has 0 radical (unpaired) electrons. The molecule has 0 saturated heterocycles. The quantitative estimate of drug-likeness (QED) is 0.887. The number of nitrogens with one attached hydrogen (secondary N) is 1. The van der Waals surface area contributed by atoms with E-state index in [1.807, 2.05) is 11.7 Å². The van der Waals surface area contributed by atoms with E-state index >= 15 is 0 Å². The third-order valence-corrected chi connectivity index (χ3v) is 4.16. The first-order valence-corrected chi connectivity index (χ1v) is 7.94. The van der Waals surface area contributed by atoms with Crippen LogP contribution in [0.1, 0.15) is 29.7 Å². The van der Waals surface area contributed by atoms with E-state index in [0.29, 0.717) is 0 Å². The van der Waals surface area contributed by atoms with Crippen molar-refractivity contribution >= 4 is 17.2 Å². The summed E-state index contributed by atoms with van der Waals surface area (Å²) < 4.78 is 0. The lowest BCUT2D eigenvalue weighted by Gasteiger charge is -2.19. The van der Waals surface area contributed by atoms with Gasteiger partial charge in [0.1, 0.15) is 5.82 Å². The van der Waals surface area contributed by atoms with Crippen molar-refractivity contribution in [2.45, 2.75) is 38.9 Å². The predicted octanol–water partition coefficient (Wildman–Crippen LogP) is 2.73. The molecule has 0 amide bonds. The molecule has 2 aromatic rings. The number of aryl methyl sites for hydroxylation is 1. The van der Waals surface area contributed by atoms with Gasteiger partial charge in [0.15, 0.2) is 0 Å². The molecule has 1 saturated carbocycles. The van der Waals surface area contributed by atoms with Crippen LogP contribution >= 0.6 is 11.3 Å². The molecule has 20 heavy (non-hydrogen) atoms.